The van der Waals surface area contributed by atoms with Gasteiger partial charge < -0.3 is 14.8 Å². The van der Waals surface area contributed by atoms with Crippen LogP contribution in [0, 0.1) is 13.8 Å². The van der Waals surface area contributed by atoms with E-state index in [1.807, 2.05) is 0 Å². The number of carbonyl (C=O) groups excluding carboxylic acids is 1. The summed E-state index contributed by atoms with van der Waals surface area (Å²) >= 11 is 0. The Bertz CT molecular complexity index is 406. The van der Waals surface area contributed by atoms with E-state index in [4.69, 9.17) is 9.84 Å². The molecule has 0 atom stereocenters. The highest BCUT2D eigenvalue weighted by atomic mass is 16.5. The van der Waals surface area contributed by atoms with Gasteiger partial charge in [0.25, 0.3) is 0 Å². The molecule has 0 unspecified atom stereocenters. The molecule has 0 amide bonds. The highest BCUT2D eigenvalue weighted by Crippen LogP contribution is 2.18. The number of hydrogen-bond donors (Lipinski definition) is 2. The summed E-state index contributed by atoms with van der Waals surface area (Å²) in [5, 5.41) is 8.84. The maximum atomic E-state index is 11.6. The molecule has 0 bridgehead atoms. The fraction of sp³-hybridized carbons (Fsp3) is 0.400. The number of aromatic carboxylic acids is 1. The standard InChI is InChI=1S/C10H13NO4/c1-5-8(7(12)4-15-3)6(2)11-9(5)10(13)14/h11H,4H2,1-3H3,(H,13,14). The van der Waals surface area contributed by atoms with E-state index in [1.54, 1.807) is 13.8 Å². The second-order valence-corrected chi connectivity index (χ2v) is 3.29. The van der Waals surface area contributed by atoms with Crippen LogP contribution in [0.2, 0.25) is 0 Å². The predicted molar refractivity (Wildman–Crippen MR) is 53.4 cm³/mol. The lowest BCUT2D eigenvalue weighted by Gasteiger charge is -2.00. The number of H-pyrrole nitrogens is 1. The minimum absolute atomic E-state index is 0.0431. The van der Waals surface area contributed by atoms with E-state index >= 15 is 0 Å². The van der Waals surface area contributed by atoms with E-state index < -0.39 is 5.97 Å². The largest absolute Gasteiger partial charge is 0.477 e. The van der Waals surface area contributed by atoms with Crippen LogP contribution < -0.4 is 0 Å². The Morgan fingerprint density at radius 2 is 2.00 bits per heavy atom. The van der Waals surface area contributed by atoms with Crippen molar-refractivity contribution in [3.63, 3.8) is 0 Å². The van der Waals surface area contributed by atoms with Crippen LogP contribution in [-0.4, -0.2) is 35.6 Å². The third-order valence-electron chi connectivity index (χ3n) is 2.21. The Kier molecular flexibility index (Phi) is 3.26. The van der Waals surface area contributed by atoms with Gasteiger partial charge in [0.2, 0.25) is 0 Å². The zero-order chi connectivity index (χ0) is 11.6. The van der Waals surface area contributed by atoms with Crippen LogP contribution in [0.25, 0.3) is 0 Å². The average Bonchev–Trinajstić information content (AvgIpc) is 2.42. The summed E-state index contributed by atoms with van der Waals surface area (Å²) in [7, 11) is 1.42. The molecule has 5 heteroatoms. The van der Waals surface area contributed by atoms with Gasteiger partial charge in [0, 0.05) is 18.4 Å². The van der Waals surface area contributed by atoms with Crippen LogP contribution >= 0.6 is 0 Å². The fourth-order valence-electron chi connectivity index (χ4n) is 1.59. The van der Waals surface area contributed by atoms with Crippen LogP contribution in [0.3, 0.4) is 0 Å². The highest BCUT2D eigenvalue weighted by Gasteiger charge is 2.20. The van der Waals surface area contributed by atoms with Gasteiger partial charge in [0.1, 0.15) is 12.3 Å². The topological polar surface area (TPSA) is 79.4 Å². The van der Waals surface area contributed by atoms with Crippen molar-refractivity contribution in [3.05, 3.63) is 22.5 Å². The van der Waals surface area contributed by atoms with Crippen LogP contribution in [0.4, 0.5) is 0 Å². The number of methoxy groups -OCH3 is 1. The first-order chi connectivity index (χ1) is 6.99. The molecule has 0 radical (unpaired) electrons. The van der Waals surface area contributed by atoms with Crippen LogP contribution in [-0.2, 0) is 4.74 Å². The Morgan fingerprint density at radius 3 is 2.40 bits per heavy atom. The lowest BCUT2D eigenvalue weighted by molar-refractivity contribution is 0.0690. The third kappa shape index (κ3) is 2.07. The number of aromatic amines is 1. The number of aromatic nitrogens is 1. The molecule has 1 heterocycles. The lowest BCUT2D eigenvalue weighted by atomic mass is 10.1. The number of carboxylic acid groups (broad SMARTS) is 1. The molecule has 0 aliphatic rings. The van der Waals surface area contributed by atoms with E-state index in [9.17, 15) is 9.59 Å². The molecule has 0 saturated carbocycles. The molecule has 1 rings (SSSR count). The number of carbonyl (C=O) groups is 2. The Morgan fingerprint density at radius 1 is 1.40 bits per heavy atom. The summed E-state index contributed by atoms with van der Waals surface area (Å²) in [5.41, 5.74) is 1.50. The number of Topliss-reactive ketones (excluding diaryl/α,β-unsaturated/α-hetero) is 1. The van der Waals surface area contributed by atoms with E-state index in [2.05, 4.69) is 4.98 Å². The molecular formula is C10H13NO4. The Hall–Kier alpha value is -1.62. The highest BCUT2D eigenvalue weighted by molar-refractivity contribution is 6.02. The van der Waals surface area contributed by atoms with Gasteiger partial charge in [0.05, 0.1) is 0 Å². The number of ether oxygens (including phenoxy) is 1. The monoisotopic (exact) mass is 211 g/mol. The summed E-state index contributed by atoms with van der Waals surface area (Å²) in [6.45, 7) is 3.23. The summed E-state index contributed by atoms with van der Waals surface area (Å²) in [6.07, 6.45) is 0. The third-order valence-corrected chi connectivity index (χ3v) is 2.21. The Labute approximate surface area is 87.1 Å². The molecule has 0 aromatic carbocycles. The smallest absolute Gasteiger partial charge is 0.352 e. The molecule has 0 aliphatic heterocycles. The number of carboxylic acids is 1. The first-order valence-corrected chi connectivity index (χ1v) is 4.43. The van der Waals surface area contributed by atoms with E-state index in [0.717, 1.165) is 0 Å². The lowest BCUT2D eigenvalue weighted by Crippen LogP contribution is -2.09. The summed E-state index contributed by atoms with van der Waals surface area (Å²) in [5.74, 6) is -1.27. The maximum Gasteiger partial charge on any atom is 0.352 e. The Balaban J connectivity index is 3.19. The molecule has 0 saturated heterocycles. The summed E-state index contributed by atoms with van der Waals surface area (Å²) < 4.78 is 4.73. The summed E-state index contributed by atoms with van der Waals surface area (Å²) in [6, 6.07) is 0. The van der Waals surface area contributed by atoms with E-state index in [1.165, 1.54) is 7.11 Å². The molecule has 0 fully saturated rings. The van der Waals surface area contributed by atoms with E-state index in [0.29, 0.717) is 16.8 Å². The fourth-order valence-corrected chi connectivity index (χ4v) is 1.59. The van der Waals surface area contributed by atoms with Crippen molar-refractivity contribution < 1.29 is 19.4 Å². The van der Waals surface area contributed by atoms with Crippen molar-refractivity contribution in [1.82, 2.24) is 4.98 Å². The zero-order valence-corrected chi connectivity index (χ0v) is 8.88. The first kappa shape index (κ1) is 11.5. The quantitative estimate of drug-likeness (QED) is 0.732. The van der Waals surface area contributed by atoms with Crippen LogP contribution in [0.15, 0.2) is 0 Å². The van der Waals surface area contributed by atoms with Gasteiger partial charge in [-0.1, -0.05) is 0 Å². The van der Waals surface area contributed by atoms with Gasteiger partial charge in [-0.15, -0.1) is 0 Å². The molecule has 0 aliphatic carbocycles. The number of ketones is 1. The molecule has 2 N–H and O–H groups in total. The van der Waals surface area contributed by atoms with Crippen molar-refractivity contribution in [1.29, 1.82) is 0 Å². The van der Waals surface area contributed by atoms with Crippen LogP contribution in [0.5, 0.6) is 0 Å². The van der Waals surface area contributed by atoms with Gasteiger partial charge in [-0.3, -0.25) is 4.79 Å². The van der Waals surface area contributed by atoms with Crippen LogP contribution in [0.1, 0.15) is 32.1 Å². The normalized spacial score (nSPS) is 10.3. The molecule has 1 aromatic rings. The van der Waals surface area contributed by atoms with Crippen molar-refractivity contribution >= 4 is 11.8 Å². The van der Waals surface area contributed by atoms with Crippen molar-refractivity contribution in [2.24, 2.45) is 0 Å². The number of nitrogens with one attached hydrogen (secondary N) is 1. The van der Waals surface area contributed by atoms with Crippen molar-refractivity contribution in [2.45, 2.75) is 13.8 Å². The minimum atomic E-state index is -1.06. The van der Waals surface area contributed by atoms with Gasteiger partial charge in [0.15, 0.2) is 5.78 Å². The predicted octanol–water partition coefficient (Wildman–Crippen LogP) is 1.16. The molecule has 82 valence electrons. The molecule has 5 nitrogen and oxygen atoms in total. The molecule has 0 spiro atoms. The van der Waals surface area contributed by atoms with Crippen molar-refractivity contribution in [3.8, 4) is 0 Å². The number of hydrogen-bond acceptors (Lipinski definition) is 3. The summed E-state index contributed by atoms with van der Waals surface area (Å²) in [4.78, 5) is 25.1. The first-order valence-electron chi connectivity index (χ1n) is 4.43. The zero-order valence-electron chi connectivity index (χ0n) is 8.88. The molecule has 15 heavy (non-hydrogen) atoms. The van der Waals surface area contributed by atoms with E-state index in [-0.39, 0.29) is 18.1 Å². The number of aryl methyl sites for hydroxylation is 1. The number of rotatable bonds is 4. The van der Waals surface area contributed by atoms with Crippen molar-refractivity contribution in [2.75, 3.05) is 13.7 Å². The molecular weight excluding hydrogens is 198 g/mol. The second-order valence-electron chi connectivity index (χ2n) is 3.29. The van der Waals surface area contributed by atoms with Gasteiger partial charge in [-0.2, -0.15) is 0 Å². The van der Waals surface area contributed by atoms with Gasteiger partial charge in [-0.05, 0) is 19.4 Å². The molecule has 1 aromatic heterocycles. The second kappa shape index (κ2) is 4.27. The maximum absolute atomic E-state index is 11.6. The average molecular weight is 211 g/mol. The van der Waals surface area contributed by atoms with Gasteiger partial charge >= 0.3 is 5.97 Å². The minimum Gasteiger partial charge on any atom is -0.477 e. The van der Waals surface area contributed by atoms with Gasteiger partial charge in [-0.25, -0.2) is 4.79 Å². The SMILES string of the molecule is COCC(=O)c1c(C)[nH]c(C(=O)O)c1C.